The van der Waals surface area contributed by atoms with E-state index >= 15 is 0 Å². The van der Waals surface area contributed by atoms with Crippen LogP contribution in [0.5, 0.6) is 0 Å². The Balaban J connectivity index is 1.52. The van der Waals surface area contributed by atoms with E-state index in [4.69, 9.17) is 74.6 Å². The van der Waals surface area contributed by atoms with Crippen molar-refractivity contribution in [1.82, 2.24) is 15.2 Å². The second-order valence-electron chi connectivity index (χ2n) is 9.45. The molecule has 0 spiro atoms. The van der Waals surface area contributed by atoms with E-state index in [1.807, 2.05) is 31.2 Å². The fraction of sp³-hybridized carbons (Fsp3) is 0.107. The summed E-state index contributed by atoms with van der Waals surface area (Å²) >= 11 is 37.8. The molecule has 1 unspecified atom stereocenters. The summed E-state index contributed by atoms with van der Waals surface area (Å²) < 4.78 is 1.26. The molecular weight excluding hydrogens is 651 g/mol. The lowest BCUT2D eigenvalue weighted by Crippen LogP contribution is -2.37. The first-order valence-electron chi connectivity index (χ1n) is 12.1. The maximum atomic E-state index is 13.8. The number of hydrazine groups is 1. The maximum Gasteiger partial charge on any atom is 0.281 e. The molecule has 6 rings (SSSR count). The van der Waals surface area contributed by atoms with E-state index in [0.29, 0.717) is 49.4 Å². The number of fused-ring (bicyclic) bond motifs is 1. The van der Waals surface area contributed by atoms with Crippen LogP contribution in [0.2, 0.25) is 30.1 Å². The molecule has 3 aromatic carbocycles. The highest BCUT2D eigenvalue weighted by Crippen LogP contribution is 2.42. The van der Waals surface area contributed by atoms with E-state index in [0.717, 1.165) is 0 Å². The van der Waals surface area contributed by atoms with Crippen LogP contribution < -0.4 is 16.0 Å². The van der Waals surface area contributed by atoms with Crippen molar-refractivity contribution in [2.24, 2.45) is 4.99 Å². The number of aliphatic imine (C=N–C) groups is 1. The molecule has 2 N–H and O–H groups in total. The molecule has 3 heterocycles. The number of halogens is 6. The van der Waals surface area contributed by atoms with Crippen molar-refractivity contribution in [3.63, 3.8) is 0 Å². The fourth-order valence-electron chi connectivity index (χ4n) is 5.10. The Kier molecular flexibility index (Phi) is 7.27. The molecule has 2 aliphatic rings. The standard InChI is InChI=1S/C28H17Cl6N5O2/c1-11-21(27(40)38(36-11)25-17(31)7-13(29)8-18(25)32)23-15-5-3-4-6-16(15)24(35-23)22-12(2)37-39(28(22)41)26-19(33)9-14(30)10-20(26)34/h3-11,36-37H,1-2H3/b23-21-. The first kappa shape index (κ1) is 28.4. The number of H-pyrrole nitrogens is 1. The van der Waals surface area contributed by atoms with Crippen LogP contribution in [0.4, 0.5) is 5.69 Å². The van der Waals surface area contributed by atoms with Crippen molar-refractivity contribution in [1.29, 1.82) is 0 Å². The summed E-state index contributed by atoms with van der Waals surface area (Å²) in [4.78, 5) is 32.6. The van der Waals surface area contributed by atoms with Crippen LogP contribution in [0.25, 0.3) is 11.4 Å². The Morgan fingerprint density at radius 1 is 0.805 bits per heavy atom. The lowest BCUT2D eigenvalue weighted by molar-refractivity contribution is -0.114. The predicted octanol–water partition coefficient (Wildman–Crippen LogP) is 7.90. The van der Waals surface area contributed by atoms with Gasteiger partial charge in [-0.2, -0.15) is 0 Å². The molecule has 208 valence electrons. The number of nitrogens with zero attached hydrogens (tertiary/aromatic N) is 3. The summed E-state index contributed by atoms with van der Waals surface area (Å²) in [5.41, 5.74) is 6.70. The van der Waals surface area contributed by atoms with Crippen LogP contribution in [0.15, 0.2) is 63.9 Å². The molecule has 2 aliphatic heterocycles. The highest BCUT2D eigenvalue weighted by Gasteiger charge is 2.40. The second-order valence-corrected chi connectivity index (χ2v) is 11.9. The molecular formula is C28H17Cl6N5O2. The van der Waals surface area contributed by atoms with Crippen molar-refractivity contribution in [3.05, 3.63) is 117 Å². The van der Waals surface area contributed by atoms with Crippen LogP contribution in [0.1, 0.15) is 29.3 Å². The van der Waals surface area contributed by atoms with Crippen molar-refractivity contribution < 1.29 is 4.79 Å². The van der Waals surface area contributed by atoms with Gasteiger partial charge in [0.1, 0.15) is 5.69 Å². The van der Waals surface area contributed by atoms with E-state index in [2.05, 4.69) is 10.5 Å². The fourth-order valence-corrected chi connectivity index (χ4v) is 7.07. The zero-order valence-corrected chi connectivity index (χ0v) is 25.7. The van der Waals surface area contributed by atoms with E-state index in [1.54, 1.807) is 6.92 Å². The van der Waals surface area contributed by atoms with Crippen LogP contribution in [0, 0.1) is 6.92 Å². The van der Waals surface area contributed by atoms with Gasteiger partial charge in [0.15, 0.2) is 0 Å². The minimum absolute atomic E-state index is 0.199. The number of nitrogens with one attached hydrogen (secondary N) is 2. The smallest absolute Gasteiger partial charge is 0.281 e. The summed E-state index contributed by atoms with van der Waals surface area (Å²) in [6.07, 6.45) is 0. The number of aryl methyl sites for hydroxylation is 1. The third-order valence-corrected chi connectivity index (χ3v) is 8.41. The van der Waals surface area contributed by atoms with E-state index in [1.165, 1.54) is 34.0 Å². The maximum absolute atomic E-state index is 13.8. The molecule has 1 fully saturated rings. The minimum Gasteiger partial charge on any atom is -0.295 e. The number of carbonyl (C=O) groups is 1. The van der Waals surface area contributed by atoms with Gasteiger partial charge in [0.05, 0.1) is 54.4 Å². The van der Waals surface area contributed by atoms with Gasteiger partial charge in [0.2, 0.25) is 0 Å². The number of benzene rings is 3. The minimum atomic E-state index is -0.466. The van der Waals surface area contributed by atoms with Gasteiger partial charge >= 0.3 is 0 Å². The van der Waals surface area contributed by atoms with Gasteiger partial charge in [-0.3, -0.25) is 14.7 Å². The first-order chi connectivity index (χ1) is 19.5. The zero-order valence-electron chi connectivity index (χ0n) is 21.1. The Hall–Kier alpha value is -2.75. The molecule has 4 aromatic rings. The molecule has 41 heavy (non-hydrogen) atoms. The average Bonchev–Trinajstić information content (AvgIpc) is 3.48. The number of aromatic amines is 1. The monoisotopic (exact) mass is 665 g/mol. The lowest BCUT2D eigenvalue weighted by Gasteiger charge is -2.19. The highest BCUT2D eigenvalue weighted by atomic mass is 35.5. The largest absolute Gasteiger partial charge is 0.295 e. The number of carbonyl (C=O) groups excluding carboxylic acids is 1. The first-order valence-corrected chi connectivity index (χ1v) is 14.4. The van der Waals surface area contributed by atoms with Gasteiger partial charge in [0, 0.05) is 26.9 Å². The topological polar surface area (TPSA) is 82.5 Å². The Morgan fingerprint density at radius 3 is 1.93 bits per heavy atom. The molecule has 0 aliphatic carbocycles. The number of rotatable bonds is 3. The predicted molar refractivity (Wildman–Crippen MR) is 167 cm³/mol. The van der Waals surface area contributed by atoms with Gasteiger partial charge in [-0.1, -0.05) is 93.9 Å². The summed E-state index contributed by atoms with van der Waals surface area (Å²) in [5, 5.41) is 5.84. The molecule has 1 atom stereocenters. The van der Waals surface area contributed by atoms with Gasteiger partial charge < -0.3 is 0 Å². The summed E-state index contributed by atoms with van der Waals surface area (Å²) in [7, 11) is 0. The molecule has 7 nitrogen and oxygen atoms in total. The van der Waals surface area contributed by atoms with Crippen molar-refractivity contribution >= 4 is 92.6 Å². The normalized spacial score (nSPS) is 18.3. The SMILES string of the molecule is Cc1[nH]n(-c2c(Cl)cc(Cl)cc2Cl)c(=O)c1C1=N/C(=C2\C(=O)N(c3c(Cl)cc(Cl)cc3Cl)NC2C)c2ccccc21. The molecule has 0 saturated carbocycles. The number of hydrogen-bond donors (Lipinski definition) is 2. The van der Waals surface area contributed by atoms with E-state index < -0.39 is 11.6 Å². The molecule has 0 bridgehead atoms. The van der Waals surface area contributed by atoms with Crippen LogP contribution >= 0.6 is 69.6 Å². The van der Waals surface area contributed by atoms with Gasteiger partial charge in [-0.25, -0.2) is 20.1 Å². The zero-order chi connectivity index (χ0) is 29.3. The Bertz CT molecular complexity index is 1880. The van der Waals surface area contributed by atoms with Crippen molar-refractivity contribution in [3.8, 4) is 5.69 Å². The van der Waals surface area contributed by atoms with Crippen LogP contribution in [-0.4, -0.2) is 27.4 Å². The van der Waals surface area contributed by atoms with Crippen molar-refractivity contribution in [2.75, 3.05) is 5.01 Å². The second kappa shape index (κ2) is 10.5. The number of hydrogen-bond acceptors (Lipinski definition) is 4. The molecule has 13 heteroatoms. The Morgan fingerprint density at radius 2 is 1.34 bits per heavy atom. The van der Waals surface area contributed by atoms with E-state index in [9.17, 15) is 9.59 Å². The highest BCUT2D eigenvalue weighted by molar-refractivity contribution is 6.43. The summed E-state index contributed by atoms with van der Waals surface area (Å²) in [6, 6.07) is 12.9. The Labute approximate surface area is 263 Å². The quantitative estimate of drug-likeness (QED) is 0.218. The number of aromatic nitrogens is 2. The van der Waals surface area contributed by atoms with Crippen LogP contribution in [0.3, 0.4) is 0 Å². The van der Waals surface area contributed by atoms with Gasteiger partial charge in [0.25, 0.3) is 11.5 Å². The third-order valence-electron chi connectivity index (χ3n) is 6.82. The van der Waals surface area contributed by atoms with Gasteiger partial charge in [-0.15, -0.1) is 0 Å². The number of anilines is 1. The number of amides is 1. The molecule has 1 amide bonds. The molecule has 1 saturated heterocycles. The van der Waals surface area contributed by atoms with Crippen LogP contribution in [-0.2, 0) is 4.79 Å². The summed E-state index contributed by atoms with van der Waals surface area (Å²) in [5.74, 6) is -0.388. The van der Waals surface area contributed by atoms with Crippen molar-refractivity contribution in [2.45, 2.75) is 19.9 Å². The summed E-state index contributed by atoms with van der Waals surface area (Å²) in [6.45, 7) is 3.57. The molecule has 0 radical (unpaired) electrons. The average molecular weight is 668 g/mol. The lowest BCUT2D eigenvalue weighted by atomic mass is 9.97. The van der Waals surface area contributed by atoms with Gasteiger partial charge in [-0.05, 0) is 38.1 Å². The molecule has 1 aromatic heterocycles. The van der Waals surface area contributed by atoms with E-state index in [-0.39, 0.29) is 37.4 Å². The third kappa shape index (κ3) is 4.61.